The maximum absolute atomic E-state index is 12.6. The number of benzene rings is 2. The summed E-state index contributed by atoms with van der Waals surface area (Å²) in [6, 6.07) is 15.3. The molecule has 1 saturated heterocycles. The van der Waals surface area contributed by atoms with Crippen LogP contribution in [-0.2, 0) is 0 Å². The van der Waals surface area contributed by atoms with Gasteiger partial charge in [-0.2, -0.15) is 0 Å². The highest BCUT2D eigenvalue weighted by Gasteiger charge is 2.40. The van der Waals surface area contributed by atoms with E-state index in [2.05, 4.69) is 0 Å². The molecule has 4 nitrogen and oxygen atoms in total. The van der Waals surface area contributed by atoms with Crippen LogP contribution >= 0.6 is 0 Å². The van der Waals surface area contributed by atoms with Crippen LogP contribution in [0, 0.1) is 5.92 Å². The van der Waals surface area contributed by atoms with Crippen LogP contribution in [0.25, 0.3) is 11.1 Å². The van der Waals surface area contributed by atoms with Crippen molar-refractivity contribution >= 4 is 5.91 Å². The molecule has 0 aliphatic carbocycles. The highest BCUT2D eigenvalue weighted by Crippen LogP contribution is 2.31. The number of carbonyl (C=O) groups is 1. The quantitative estimate of drug-likeness (QED) is 0.943. The minimum Gasteiger partial charge on any atom is -0.496 e. The Hall–Kier alpha value is -2.33. The Morgan fingerprint density at radius 3 is 2.46 bits per heavy atom. The Labute approximate surface area is 142 Å². The first-order chi connectivity index (χ1) is 11.4. The summed E-state index contributed by atoms with van der Waals surface area (Å²) in [5.74, 6) is 0.849. The van der Waals surface area contributed by atoms with Gasteiger partial charge in [-0.25, -0.2) is 0 Å². The molecule has 0 unspecified atom stereocenters. The van der Waals surface area contributed by atoms with Crippen LogP contribution in [0.15, 0.2) is 48.5 Å². The topological polar surface area (TPSA) is 49.8 Å². The number of β-amino-alcohol motifs (C(OH)–C–C–N with tert-alkyl or cyclic N) is 1. The molecule has 3 rings (SSSR count). The lowest BCUT2D eigenvalue weighted by atomic mass is 9.95. The van der Waals surface area contributed by atoms with Crippen molar-refractivity contribution in [1.29, 1.82) is 0 Å². The summed E-state index contributed by atoms with van der Waals surface area (Å²) in [6.07, 6.45) is 0. The highest BCUT2D eigenvalue weighted by molar-refractivity contribution is 5.95. The molecule has 2 atom stereocenters. The zero-order chi connectivity index (χ0) is 17.3. The summed E-state index contributed by atoms with van der Waals surface area (Å²) in [6.45, 7) is 4.72. The van der Waals surface area contributed by atoms with E-state index in [1.165, 1.54) is 0 Å². The molecule has 24 heavy (non-hydrogen) atoms. The van der Waals surface area contributed by atoms with Crippen molar-refractivity contribution in [2.45, 2.75) is 19.4 Å². The third kappa shape index (κ3) is 3.02. The van der Waals surface area contributed by atoms with Gasteiger partial charge in [-0.05, 0) is 30.7 Å². The van der Waals surface area contributed by atoms with Crippen molar-refractivity contribution in [2.75, 3.05) is 20.2 Å². The minimum absolute atomic E-state index is 0.0359. The molecular weight excluding hydrogens is 302 g/mol. The highest BCUT2D eigenvalue weighted by atomic mass is 16.5. The largest absolute Gasteiger partial charge is 0.496 e. The van der Waals surface area contributed by atoms with Crippen LogP contribution in [0.5, 0.6) is 5.75 Å². The average molecular weight is 325 g/mol. The SMILES string of the molecule is COc1ccccc1-c1ccc(C(=O)N2C[C@@H](C)[C@@](C)(O)C2)cc1. The normalized spacial score (nSPS) is 23.3. The van der Waals surface area contributed by atoms with Crippen LogP contribution in [-0.4, -0.2) is 41.7 Å². The fourth-order valence-electron chi connectivity index (χ4n) is 3.15. The summed E-state index contributed by atoms with van der Waals surface area (Å²) in [7, 11) is 1.65. The van der Waals surface area contributed by atoms with Gasteiger partial charge in [-0.3, -0.25) is 4.79 Å². The van der Waals surface area contributed by atoms with Crippen LogP contribution in [0.4, 0.5) is 0 Å². The van der Waals surface area contributed by atoms with Gasteiger partial charge in [-0.1, -0.05) is 37.3 Å². The van der Waals surface area contributed by atoms with E-state index < -0.39 is 5.60 Å². The predicted molar refractivity (Wildman–Crippen MR) is 94.1 cm³/mol. The number of methoxy groups -OCH3 is 1. The molecule has 1 N–H and O–H groups in total. The van der Waals surface area contributed by atoms with Gasteiger partial charge in [0.05, 0.1) is 12.7 Å². The first-order valence-electron chi connectivity index (χ1n) is 8.17. The molecular formula is C20H23NO3. The Morgan fingerprint density at radius 2 is 1.88 bits per heavy atom. The smallest absolute Gasteiger partial charge is 0.253 e. The van der Waals surface area contributed by atoms with Gasteiger partial charge < -0.3 is 14.7 Å². The van der Waals surface area contributed by atoms with Crippen molar-refractivity contribution in [2.24, 2.45) is 5.92 Å². The van der Waals surface area contributed by atoms with Crippen molar-refractivity contribution in [3.05, 3.63) is 54.1 Å². The van der Waals surface area contributed by atoms with Crippen LogP contribution in [0.1, 0.15) is 24.2 Å². The molecule has 126 valence electrons. The molecule has 1 amide bonds. The summed E-state index contributed by atoms with van der Waals surface area (Å²) in [4.78, 5) is 14.4. The van der Waals surface area contributed by atoms with E-state index in [4.69, 9.17) is 4.74 Å². The van der Waals surface area contributed by atoms with Crippen LogP contribution in [0.2, 0.25) is 0 Å². The van der Waals surface area contributed by atoms with E-state index in [1.807, 2.05) is 55.5 Å². The van der Waals surface area contributed by atoms with E-state index in [9.17, 15) is 9.90 Å². The lowest BCUT2D eigenvalue weighted by Crippen LogP contribution is -2.35. The van der Waals surface area contributed by atoms with Crippen molar-refractivity contribution < 1.29 is 14.6 Å². The number of carbonyl (C=O) groups excluding carboxylic acids is 1. The summed E-state index contributed by atoms with van der Waals surface area (Å²) < 4.78 is 5.39. The number of aliphatic hydroxyl groups is 1. The molecule has 0 spiro atoms. The molecule has 1 aliphatic rings. The summed E-state index contributed by atoms with van der Waals surface area (Å²) >= 11 is 0. The first kappa shape index (κ1) is 16.5. The monoisotopic (exact) mass is 325 g/mol. The molecule has 0 aromatic heterocycles. The zero-order valence-corrected chi connectivity index (χ0v) is 14.3. The zero-order valence-electron chi connectivity index (χ0n) is 14.3. The molecule has 2 aromatic carbocycles. The van der Waals surface area contributed by atoms with Gasteiger partial charge in [0.2, 0.25) is 0 Å². The second kappa shape index (κ2) is 6.29. The fraction of sp³-hybridized carbons (Fsp3) is 0.350. The van der Waals surface area contributed by atoms with Crippen molar-refractivity contribution in [1.82, 2.24) is 4.90 Å². The van der Waals surface area contributed by atoms with Crippen LogP contribution < -0.4 is 4.74 Å². The second-order valence-corrected chi connectivity index (χ2v) is 6.72. The van der Waals surface area contributed by atoms with E-state index in [-0.39, 0.29) is 11.8 Å². The molecule has 4 heteroatoms. The number of amides is 1. The Bertz CT molecular complexity index is 737. The number of likely N-dealkylation sites (tertiary alicyclic amines) is 1. The Balaban J connectivity index is 1.81. The Kier molecular flexibility index (Phi) is 4.33. The molecule has 2 aromatic rings. The lowest BCUT2D eigenvalue weighted by molar-refractivity contribution is 0.0351. The number of hydrogen-bond acceptors (Lipinski definition) is 3. The third-order valence-electron chi connectivity index (χ3n) is 4.90. The lowest BCUT2D eigenvalue weighted by Gasteiger charge is -2.20. The predicted octanol–water partition coefficient (Wildman–Crippen LogP) is 3.21. The third-order valence-corrected chi connectivity index (χ3v) is 4.90. The van der Waals surface area contributed by atoms with Crippen LogP contribution in [0.3, 0.4) is 0 Å². The van der Waals surface area contributed by atoms with Crippen molar-refractivity contribution in [3.8, 4) is 16.9 Å². The average Bonchev–Trinajstić information content (AvgIpc) is 2.87. The van der Waals surface area contributed by atoms with Gasteiger partial charge in [0.1, 0.15) is 5.75 Å². The van der Waals surface area contributed by atoms with E-state index in [0.29, 0.717) is 18.7 Å². The van der Waals surface area contributed by atoms with Gasteiger partial charge in [0.15, 0.2) is 0 Å². The number of ether oxygens (including phenoxy) is 1. The number of para-hydroxylation sites is 1. The Morgan fingerprint density at radius 1 is 1.21 bits per heavy atom. The number of hydrogen-bond donors (Lipinski definition) is 1. The maximum atomic E-state index is 12.6. The first-order valence-corrected chi connectivity index (χ1v) is 8.17. The van der Waals surface area contributed by atoms with Crippen molar-refractivity contribution in [3.63, 3.8) is 0 Å². The maximum Gasteiger partial charge on any atom is 0.253 e. The van der Waals surface area contributed by atoms with E-state index >= 15 is 0 Å². The summed E-state index contributed by atoms with van der Waals surface area (Å²) in [5.41, 5.74) is 1.83. The number of nitrogens with zero attached hydrogens (tertiary/aromatic N) is 1. The second-order valence-electron chi connectivity index (χ2n) is 6.72. The van der Waals surface area contributed by atoms with Gasteiger partial charge in [-0.15, -0.1) is 0 Å². The fourth-order valence-corrected chi connectivity index (χ4v) is 3.15. The molecule has 1 heterocycles. The van der Waals surface area contributed by atoms with E-state index in [0.717, 1.165) is 16.9 Å². The molecule has 0 saturated carbocycles. The molecule has 1 fully saturated rings. The van der Waals surface area contributed by atoms with Gasteiger partial charge >= 0.3 is 0 Å². The summed E-state index contributed by atoms with van der Waals surface area (Å²) in [5, 5.41) is 10.3. The molecule has 0 radical (unpaired) electrons. The number of rotatable bonds is 3. The molecule has 0 bridgehead atoms. The standard InChI is InChI=1S/C20H23NO3/c1-14-12-21(13-20(14,2)23)19(22)16-10-8-15(9-11-16)17-6-4-5-7-18(17)24-3/h4-11,14,23H,12-13H2,1-3H3/t14-,20+/m1/s1. The van der Waals surface area contributed by atoms with Gasteiger partial charge in [0, 0.05) is 30.1 Å². The van der Waals surface area contributed by atoms with Gasteiger partial charge in [0.25, 0.3) is 5.91 Å². The molecule has 1 aliphatic heterocycles. The minimum atomic E-state index is -0.812. The van der Waals surface area contributed by atoms with E-state index in [1.54, 1.807) is 18.9 Å².